The quantitative estimate of drug-likeness (QED) is 0.855. The highest BCUT2D eigenvalue weighted by Gasteiger charge is 2.15. The molecule has 0 aliphatic carbocycles. The van der Waals surface area contributed by atoms with Crippen molar-refractivity contribution in [1.82, 2.24) is 9.97 Å². The first-order valence-electron chi connectivity index (χ1n) is 8.19. The van der Waals surface area contributed by atoms with E-state index in [2.05, 4.69) is 63.9 Å². The third-order valence-corrected chi connectivity index (χ3v) is 4.22. The molecule has 1 aliphatic heterocycles. The number of anilines is 3. The zero-order valence-electron chi connectivity index (χ0n) is 13.5. The fourth-order valence-corrected chi connectivity index (χ4v) is 3.05. The fourth-order valence-electron chi connectivity index (χ4n) is 3.05. The number of rotatable bonds is 4. The maximum Gasteiger partial charge on any atom is 0.138 e. The lowest BCUT2D eigenvalue weighted by molar-refractivity contribution is 0.573. The summed E-state index contributed by atoms with van der Waals surface area (Å²) in [4.78, 5) is 13.6. The molecule has 0 bridgehead atoms. The Hall–Kier alpha value is -2.10. The summed E-state index contributed by atoms with van der Waals surface area (Å²) in [5.41, 5.74) is 2.45. The molecule has 2 heterocycles. The molecule has 0 spiro atoms. The summed E-state index contributed by atoms with van der Waals surface area (Å²) in [5.74, 6) is 2.03. The van der Waals surface area contributed by atoms with Crippen LogP contribution in [0.15, 0.2) is 36.7 Å². The Morgan fingerprint density at radius 3 is 2.64 bits per heavy atom. The number of aromatic nitrogens is 2. The van der Waals surface area contributed by atoms with E-state index in [4.69, 9.17) is 0 Å². The minimum atomic E-state index is 0.889. The third kappa shape index (κ3) is 3.21. The SMILES string of the molecule is CCN(c1cccc(C)c1)c1cc(N2CCCCC2)ncn1. The maximum absolute atomic E-state index is 4.50. The van der Waals surface area contributed by atoms with Gasteiger partial charge in [0.1, 0.15) is 18.0 Å². The average Bonchev–Trinajstić information content (AvgIpc) is 2.57. The highest BCUT2D eigenvalue weighted by Crippen LogP contribution is 2.27. The summed E-state index contributed by atoms with van der Waals surface area (Å²) in [7, 11) is 0. The zero-order valence-corrected chi connectivity index (χ0v) is 13.5. The van der Waals surface area contributed by atoms with Crippen molar-refractivity contribution in [3.05, 3.63) is 42.2 Å². The van der Waals surface area contributed by atoms with E-state index < -0.39 is 0 Å². The third-order valence-electron chi connectivity index (χ3n) is 4.22. The van der Waals surface area contributed by atoms with Gasteiger partial charge in [0.05, 0.1) is 0 Å². The number of aryl methyl sites for hydroxylation is 1. The van der Waals surface area contributed by atoms with Crippen molar-refractivity contribution >= 4 is 17.3 Å². The fraction of sp³-hybridized carbons (Fsp3) is 0.444. The molecule has 0 saturated carbocycles. The number of nitrogens with zero attached hydrogens (tertiary/aromatic N) is 4. The van der Waals surface area contributed by atoms with Gasteiger partial charge in [0.15, 0.2) is 0 Å². The Labute approximate surface area is 132 Å². The van der Waals surface area contributed by atoms with E-state index in [9.17, 15) is 0 Å². The molecule has 1 aliphatic rings. The standard InChI is InChI=1S/C18H24N4/c1-3-22(16-9-7-8-15(2)12-16)18-13-17(19-14-20-18)21-10-5-4-6-11-21/h7-9,12-14H,3-6,10-11H2,1-2H3. The van der Waals surface area contributed by atoms with Crippen molar-refractivity contribution in [2.24, 2.45) is 0 Å². The van der Waals surface area contributed by atoms with Crippen molar-refractivity contribution in [2.45, 2.75) is 33.1 Å². The van der Waals surface area contributed by atoms with Crippen molar-refractivity contribution in [2.75, 3.05) is 29.4 Å². The molecule has 0 unspecified atom stereocenters. The lowest BCUT2D eigenvalue weighted by atomic mass is 10.1. The van der Waals surface area contributed by atoms with Crippen molar-refractivity contribution < 1.29 is 0 Å². The van der Waals surface area contributed by atoms with Crippen LogP contribution in [-0.4, -0.2) is 29.6 Å². The Morgan fingerprint density at radius 2 is 1.91 bits per heavy atom. The van der Waals surface area contributed by atoms with Gasteiger partial charge in [-0.1, -0.05) is 12.1 Å². The van der Waals surface area contributed by atoms with Gasteiger partial charge < -0.3 is 9.80 Å². The van der Waals surface area contributed by atoms with E-state index >= 15 is 0 Å². The summed E-state index contributed by atoms with van der Waals surface area (Å²) in [6, 6.07) is 10.7. The minimum Gasteiger partial charge on any atom is -0.356 e. The molecule has 22 heavy (non-hydrogen) atoms. The van der Waals surface area contributed by atoms with Crippen molar-refractivity contribution in [1.29, 1.82) is 0 Å². The van der Waals surface area contributed by atoms with Crippen LogP contribution in [0, 0.1) is 6.92 Å². The minimum absolute atomic E-state index is 0.889. The van der Waals surface area contributed by atoms with Crippen LogP contribution in [0.1, 0.15) is 31.7 Å². The van der Waals surface area contributed by atoms with E-state index in [-0.39, 0.29) is 0 Å². The van der Waals surface area contributed by atoms with Gasteiger partial charge in [-0.15, -0.1) is 0 Å². The molecular formula is C18H24N4. The van der Waals surface area contributed by atoms with E-state index in [1.165, 1.54) is 30.5 Å². The predicted octanol–water partition coefficient (Wildman–Crippen LogP) is 3.93. The van der Waals surface area contributed by atoms with Crippen LogP contribution in [0.4, 0.5) is 17.3 Å². The highest BCUT2D eigenvalue weighted by molar-refractivity contribution is 5.63. The average molecular weight is 296 g/mol. The first-order chi connectivity index (χ1) is 10.8. The Morgan fingerprint density at radius 1 is 1.09 bits per heavy atom. The molecule has 4 nitrogen and oxygen atoms in total. The normalized spacial score (nSPS) is 14.9. The monoisotopic (exact) mass is 296 g/mol. The lowest BCUT2D eigenvalue weighted by Crippen LogP contribution is -2.30. The largest absolute Gasteiger partial charge is 0.356 e. The molecule has 3 rings (SSSR count). The van der Waals surface area contributed by atoms with Crippen LogP contribution in [0.5, 0.6) is 0 Å². The summed E-state index contributed by atoms with van der Waals surface area (Å²) >= 11 is 0. The summed E-state index contributed by atoms with van der Waals surface area (Å²) in [6.45, 7) is 7.38. The molecule has 116 valence electrons. The molecule has 1 aromatic heterocycles. The van der Waals surface area contributed by atoms with E-state index in [1.54, 1.807) is 6.33 Å². The van der Waals surface area contributed by atoms with Crippen molar-refractivity contribution in [3.63, 3.8) is 0 Å². The summed E-state index contributed by atoms with van der Waals surface area (Å²) in [5, 5.41) is 0. The van der Waals surface area contributed by atoms with Crippen molar-refractivity contribution in [3.8, 4) is 0 Å². The smallest absolute Gasteiger partial charge is 0.138 e. The highest BCUT2D eigenvalue weighted by atomic mass is 15.2. The second-order valence-electron chi connectivity index (χ2n) is 5.87. The zero-order chi connectivity index (χ0) is 15.4. The number of benzene rings is 1. The van der Waals surface area contributed by atoms with Gasteiger partial charge in [0, 0.05) is 31.4 Å². The second-order valence-corrected chi connectivity index (χ2v) is 5.87. The van der Waals surface area contributed by atoms with E-state index in [1.807, 2.05) is 0 Å². The molecule has 1 fully saturated rings. The molecule has 0 N–H and O–H groups in total. The Kier molecular flexibility index (Phi) is 4.56. The number of hydrogen-bond donors (Lipinski definition) is 0. The van der Waals surface area contributed by atoms with Crippen LogP contribution >= 0.6 is 0 Å². The van der Waals surface area contributed by atoms with Crippen LogP contribution in [-0.2, 0) is 0 Å². The molecule has 0 radical (unpaired) electrons. The number of piperidine rings is 1. The van der Waals surface area contributed by atoms with Crippen LogP contribution in [0.25, 0.3) is 0 Å². The lowest BCUT2D eigenvalue weighted by Gasteiger charge is -2.29. The van der Waals surface area contributed by atoms with Gasteiger partial charge in [-0.05, 0) is 50.8 Å². The van der Waals surface area contributed by atoms with Gasteiger partial charge in [0.25, 0.3) is 0 Å². The van der Waals surface area contributed by atoms with Gasteiger partial charge in [-0.2, -0.15) is 0 Å². The molecule has 1 saturated heterocycles. The van der Waals surface area contributed by atoms with Crippen LogP contribution < -0.4 is 9.80 Å². The molecule has 0 amide bonds. The maximum atomic E-state index is 4.50. The van der Waals surface area contributed by atoms with Gasteiger partial charge in [-0.25, -0.2) is 9.97 Å². The number of hydrogen-bond acceptors (Lipinski definition) is 4. The van der Waals surface area contributed by atoms with Gasteiger partial charge >= 0.3 is 0 Å². The van der Waals surface area contributed by atoms with Gasteiger partial charge in [0.2, 0.25) is 0 Å². The van der Waals surface area contributed by atoms with Crippen LogP contribution in [0.2, 0.25) is 0 Å². The summed E-state index contributed by atoms with van der Waals surface area (Å²) in [6.07, 6.45) is 5.54. The Balaban J connectivity index is 1.89. The molecular weight excluding hydrogens is 272 g/mol. The topological polar surface area (TPSA) is 32.3 Å². The van der Waals surface area contributed by atoms with Gasteiger partial charge in [-0.3, -0.25) is 0 Å². The molecule has 4 heteroatoms. The van der Waals surface area contributed by atoms with E-state index in [0.717, 1.165) is 31.3 Å². The Bertz CT molecular complexity index is 620. The summed E-state index contributed by atoms with van der Waals surface area (Å²) < 4.78 is 0. The molecule has 1 aromatic carbocycles. The molecule has 0 atom stereocenters. The van der Waals surface area contributed by atoms with Crippen LogP contribution in [0.3, 0.4) is 0 Å². The van der Waals surface area contributed by atoms with E-state index in [0.29, 0.717) is 0 Å². The first-order valence-corrected chi connectivity index (χ1v) is 8.19. The molecule has 2 aromatic rings. The predicted molar refractivity (Wildman–Crippen MR) is 92.0 cm³/mol. The first kappa shape index (κ1) is 14.8. The second kappa shape index (κ2) is 6.77.